The molecule has 4 aliphatic heterocycles. The highest BCUT2D eigenvalue weighted by atomic mass is 35.5. The second-order valence-electron chi connectivity index (χ2n) is 14.2. The van der Waals surface area contributed by atoms with Crippen LogP contribution < -0.4 is 5.73 Å². The summed E-state index contributed by atoms with van der Waals surface area (Å²) >= 11 is 26.6. The van der Waals surface area contributed by atoms with Crippen LogP contribution in [0, 0.1) is 0 Å². The first-order chi connectivity index (χ1) is 24.7. The van der Waals surface area contributed by atoms with Gasteiger partial charge in [0.15, 0.2) is 25.8 Å². The number of aliphatic imine (C=N–C) groups is 5. The van der Waals surface area contributed by atoms with Gasteiger partial charge in [-0.25, -0.2) is 25.0 Å². The molecule has 0 saturated carbocycles. The number of halogens is 4. The Labute approximate surface area is 322 Å². The van der Waals surface area contributed by atoms with Crippen molar-refractivity contribution in [2.24, 2.45) is 25.0 Å². The molecule has 2 atom stereocenters. The number of nitrogen functional groups attached to an aromatic ring is 1. The van der Waals surface area contributed by atoms with Crippen molar-refractivity contribution in [3.8, 4) is 0 Å². The second-order valence-corrected chi connectivity index (χ2v) is 23.9. The lowest BCUT2D eigenvalue weighted by Crippen LogP contribution is -2.65. The summed E-state index contributed by atoms with van der Waals surface area (Å²) in [6.07, 6.45) is 4.49. The minimum absolute atomic E-state index is 0.284. The third-order valence-electron chi connectivity index (χ3n) is 9.50. The molecule has 260 valence electrons. The molecule has 2 unspecified atom stereocenters. The molecule has 0 saturated heterocycles. The van der Waals surface area contributed by atoms with E-state index in [2.05, 4.69) is 41.6 Å². The number of allylic oxidation sites excluding steroid dienone is 1. The van der Waals surface area contributed by atoms with Crippen molar-refractivity contribution in [2.45, 2.75) is 38.0 Å². The molecule has 1 aliphatic carbocycles. The van der Waals surface area contributed by atoms with Gasteiger partial charge in [0.1, 0.15) is 23.3 Å². The summed E-state index contributed by atoms with van der Waals surface area (Å²) in [6, 6.07) is 16.9. The van der Waals surface area contributed by atoms with Crippen molar-refractivity contribution < 1.29 is 4.12 Å². The van der Waals surface area contributed by atoms with E-state index >= 15 is 0 Å². The van der Waals surface area contributed by atoms with Gasteiger partial charge in [0.05, 0.1) is 11.1 Å². The maximum absolute atomic E-state index is 7.50. The van der Waals surface area contributed by atoms with Gasteiger partial charge < -0.3 is 9.85 Å². The number of aromatic nitrogens is 1. The van der Waals surface area contributed by atoms with Gasteiger partial charge in [0.25, 0.3) is 0 Å². The van der Waals surface area contributed by atoms with Crippen LogP contribution in [0.2, 0.25) is 41.3 Å². The summed E-state index contributed by atoms with van der Waals surface area (Å²) in [7, 11) is -6.04. The van der Waals surface area contributed by atoms with Crippen molar-refractivity contribution in [2.75, 3.05) is 5.73 Å². The Morgan fingerprint density at radius 2 is 1.54 bits per heavy atom. The molecular weight excluding hydrogens is 770 g/mol. The van der Waals surface area contributed by atoms with Gasteiger partial charge in [-0.05, 0) is 87.2 Å². The Balaban J connectivity index is 1.42. The highest BCUT2D eigenvalue weighted by molar-refractivity contribution is 6.86. The zero-order valence-electron chi connectivity index (χ0n) is 28.5. The van der Waals surface area contributed by atoms with Crippen molar-refractivity contribution >= 4 is 121 Å². The Morgan fingerprint density at radius 1 is 0.865 bits per heavy atom. The standard InChI is InChI=1S/C37H30Cl4N8OSi2/c1-18-27-14-19(38)7-11-24(27)32(43-18)45-37-30-17-22(41)9-13-26(30)35-47-34-28-15-20(39)8-12-25(28)33(44-34)46-36-29-16-21(40)6-10-23(29)31(42)48(36)52(5,49(35)37)50-51(2,3)4/h6-16,22H,1,17,42H2,2-5H3. The zero-order valence-corrected chi connectivity index (χ0v) is 33.5. The molecule has 4 aromatic rings. The van der Waals surface area contributed by atoms with E-state index in [1.54, 1.807) is 0 Å². The summed E-state index contributed by atoms with van der Waals surface area (Å²) in [5.41, 5.74) is 12.8. The second kappa shape index (κ2) is 11.7. The summed E-state index contributed by atoms with van der Waals surface area (Å²) in [6.45, 7) is 12.8. The Morgan fingerprint density at radius 3 is 2.29 bits per heavy atom. The van der Waals surface area contributed by atoms with Crippen molar-refractivity contribution in [1.82, 2.24) is 8.80 Å². The van der Waals surface area contributed by atoms with Crippen LogP contribution in [0.4, 0.5) is 11.6 Å². The molecule has 2 bridgehead atoms. The molecular formula is C37H30Cl4N8OSi2. The lowest BCUT2D eigenvalue weighted by Gasteiger charge is -2.43. The minimum Gasteiger partial charge on any atom is -0.425 e. The van der Waals surface area contributed by atoms with E-state index < -0.39 is 17.0 Å². The molecule has 0 spiro atoms. The van der Waals surface area contributed by atoms with Crippen LogP contribution in [-0.4, -0.2) is 60.3 Å². The number of nitrogens with zero attached hydrogens (tertiary/aromatic N) is 7. The smallest absolute Gasteiger partial charge is 0.419 e. The van der Waals surface area contributed by atoms with Crippen molar-refractivity contribution in [1.29, 1.82) is 0 Å². The number of rotatable bonds is 2. The topological polar surface area (TPSA) is 105 Å². The van der Waals surface area contributed by atoms with E-state index in [0.717, 1.165) is 44.2 Å². The highest BCUT2D eigenvalue weighted by Crippen LogP contribution is 2.46. The van der Waals surface area contributed by atoms with Gasteiger partial charge in [0, 0.05) is 59.2 Å². The molecule has 9 nitrogen and oxygen atoms in total. The number of amidine groups is 5. The van der Waals surface area contributed by atoms with Gasteiger partial charge in [-0.2, -0.15) is 0 Å². The molecule has 1 aromatic heterocycles. The summed E-state index contributed by atoms with van der Waals surface area (Å²) in [5.74, 6) is 3.74. The van der Waals surface area contributed by atoms with Gasteiger partial charge in [-0.1, -0.05) is 53.5 Å². The number of nitrogens with two attached hydrogens (primary N) is 1. The molecule has 52 heavy (non-hydrogen) atoms. The van der Waals surface area contributed by atoms with Crippen molar-refractivity contribution in [3.05, 3.63) is 122 Å². The fourth-order valence-electron chi connectivity index (χ4n) is 7.53. The summed E-state index contributed by atoms with van der Waals surface area (Å²) in [5, 5.41) is 2.97. The van der Waals surface area contributed by atoms with Gasteiger partial charge in [-0.15, -0.1) is 11.6 Å². The number of benzene rings is 3. The van der Waals surface area contributed by atoms with Crippen LogP contribution in [-0.2, 0) is 4.12 Å². The monoisotopic (exact) mass is 798 g/mol. The number of fused-ring (bicyclic) bond motifs is 10. The third kappa shape index (κ3) is 5.17. The van der Waals surface area contributed by atoms with Crippen LogP contribution >= 0.6 is 46.4 Å². The molecule has 2 N–H and O–H groups in total. The van der Waals surface area contributed by atoms with Crippen LogP contribution in [0.3, 0.4) is 0 Å². The highest BCUT2D eigenvalue weighted by Gasteiger charge is 2.55. The average Bonchev–Trinajstić information content (AvgIpc) is 3.75. The fraction of sp³-hybridized carbons (Fsp3) is 0.162. The van der Waals surface area contributed by atoms with E-state index in [4.69, 9.17) is 81.2 Å². The van der Waals surface area contributed by atoms with Crippen LogP contribution in [0.1, 0.15) is 28.7 Å². The number of hydrogen-bond donors (Lipinski definition) is 1. The molecule has 0 amide bonds. The van der Waals surface area contributed by atoms with E-state index in [-0.39, 0.29) is 5.38 Å². The van der Waals surface area contributed by atoms with Crippen LogP contribution in [0.5, 0.6) is 0 Å². The minimum atomic E-state index is -3.64. The molecule has 15 heteroatoms. The van der Waals surface area contributed by atoms with Crippen molar-refractivity contribution in [3.63, 3.8) is 0 Å². The fourth-order valence-corrected chi connectivity index (χ4v) is 16.1. The first-order valence-electron chi connectivity index (χ1n) is 16.6. The maximum Gasteiger partial charge on any atom is 0.419 e. The van der Waals surface area contributed by atoms with Gasteiger partial charge >= 0.3 is 8.64 Å². The first-order valence-corrected chi connectivity index (χ1v) is 23.9. The van der Waals surface area contributed by atoms with Gasteiger partial charge in [-0.3, -0.25) is 8.80 Å². The predicted molar refractivity (Wildman–Crippen MR) is 221 cm³/mol. The number of anilines is 1. The van der Waals surface area contributed by atoms with E-state index in [0.29, 0.717) is 68.0 Å². The Bertz CT molecular complexity index is 2580. The Hall–Kier alpha value is -4.08. The lowest BCUT2D eigenvalue weighted by atomic mass is 9.98. The Kier molecular flexibility index (Phi) is 7.60. The summed E-state index contributed by atoms with van der Waals surface area (Å²) in [4.78, 5) is 26.0. The quantitative estimate of drug-likeness (QED) is 0.161. The average molecular weight is 801 g/mol. The number of alkyl halides is 1. The molecule has 5 aliphatic rings. The molecule has 5 heterocycles. The predicted octanol–water partition coefficient (Wildman–Crippen LogP) is 9.71. The largest absolute Gasteiger partial charge is 0.425 e. The lowest BCUT2D eigenvalue weighted by molar-refractivity contribution is 0.482. The van der Waals surface area contributed by atoms with Crippen LogP contribution in [0.25, 0.3) is 16.5 Å². The maximum atomic E-state index is 7.50. The normalized spacial score (nSPS) is 22.5. The van der Waals surface area contributed by atoms with E-state index in [1.807, 2.05) is 66.7 Å². The molecule has 0 fully saturated rings. The number of hydrogen-bond acceptors (Lipinski definition) is 7. The molecule has 3 aromatic carbocycles. The van der Waals surface area contributed by atoms with Gasteiger partial charge in [0.2, 0.25) is 0 Å². The van der Waals surface area contributed by atoms with E-state index in [1.165, 1.54) is 0 Å². The zero-order chi connectivity index (χ0) is 36.4. The van der Waals surface area contributed by atoms with E-state index in [9.17, 15) is 0 Å². The SMILES string of the molecule is C=C1N=C(N=C2C3=C(C=CC(Cl)C3)C3=NC4=NC(=Nc5c6cc(Cl)ccc6c(N)n5[Si](C)(O[Si](C)(C)C)N32)c2ccc(Cl)cc24)c2ccc(Cl)cc21. The molecule has 9 rings (SSSR count). The summed E-state index contributed by atoms with van der Waals surface area (Å²) < 4.78 is 11.7. The first kappa shape index (κ1) is 33.7. The van der Waals surface area contributed by atoms with Crippen LogP contribution in [0.15, 0.2) is 109 Å². The molecule has 0 radical (unpaired) electrons. The third-order valence-corrected chi connectivity index (χ3v) is 17.0.